The zero-order valence-electron chi connectivity index (χ0n) is 7.72. The number of allylic oxidation sites excluding steroid dienone is 2. The first kappa shape index (κ1) is 12.4. The molecule has 0 fully saturated rings. The van der Waals surface area contributed by atoms with Crippen molar-refractivity contribution in [2.45, 2.75) is 6.18 Å². The summed E-state index contributed by atoms with van der Waals surface area (Å²) >= 11 is 5.55. The summed E-state index contributed by atoms with van der Waals surface area (Å²) in [7, 11) is 0. The monoisotopic (exact) mass is 247 g/mol. The van der Waals surface area contributed by atoms with Crippen molar-refractivity contribution in [3.05, 3.63) is 40.6 Å². The van der Waals surface area contributed by atoms with E-state index in [1.54, 1.807) is 0 Å². The van der Waals surface area contributed by atoms with Gasteiger partial charge in [-0.3, -0.25) is 0 Å². The molecule has 0 aliphatic carbocycles. The predicted molar refractivity (Wildman–Crippen MR) is 52.7 cm³/mol. The van der Waals surface area contributed by atoms with Crippen molar-refractivity contribution < 1.29 is 18.3 Å². The first-order valence-electron chi connectivity index (χ1n) is 4.02. The quantitative estimate of drug-likeness (QED) is 0.607. The Hall–Kier alpha value is -1.67. The number of hydrogen-bond donors (Lipinski definition) is 1. The Kier molecular flexibility index (Phi) is 3.45. The minimum absolute atomic E-state index is 0.0401. The Bertz CT molecular complexity index is 456. The standard InChI is InChI=1S/C10H5ClF3NO/c11-7-3-1-6(2-4-7)8(5-15)9(16)10(12,13)14/h1-4,16H. The second-order valence-electron chi connectivity index (χ2n) is 2.84. The van der Waals surface area contributed by atoms with Crippen LogP contribution in [0.5, 0.6) is 0 Å². The number of nitrogens with zero attached hydrogens (tertiary/aromatic N) is 1. The third-order valence-corrected chi connectivity index (χ3v) is 2.00. The molecule has 0 amide bonds. The summed E-state index contributed by atoms with van der Waals surface area (Å²) < 4.78 is 36.5. The van der Waals surface area contributed by atoms with E-state index < -0.39 is 17.5 Å². The fourth-order valence-electron chi connectivity index (χ4n) is 1.01. The molecule has 0 radical (unpaired) electrons. The summed E-state index contributed by atoms with van der Waals surface area (Å²) in [4.78, 5) is 0. The molecule has 0 bridgehead atoms. The van der Waals surface area contributed by atoms with Gasteiger partial charge in [0.05, 0.1) is 0 Å². The highest BCUT2D eigenvalue weighted by atomic mass is 35.5. The maximum atomic E-state index is 12.2. The van der Waals surface area contributed by atoms with E-state index in [2.05, 4.69) is 0 Å². The van der Waals surface area contributed by atoms with Crippen LogP contribution < -0.4 is 0 Å². The third kappa shape index (κ3) is 2.67. The molecule has 0 aliphatic rings. The molecule has 0 saturated carbocycles. The van der Waals surface area contributed by atoms with Gasteiger partial charge >= 0.3 is 6.18 Å². The van der Waals surface area contributed by atoms with Crippen LogP contribution >= 0.6 is 11.6 Å². The maximum absolute atomic E-state index is 12.2. The molecule has 1 rings (SSSR count). The van der Waals surface area contributed by atoms with Gasteiger partial charge < -0.3 is 5.11 Å². The van der Waals surface area contributed by atoms with E-state index in [0.29, 0.717) is 5.02 Å². The van der Waals surface area contributed by atoms with E-state index >= 15 is 0 Å². The highest BCUT2D eigenvalue weighted by Gasteiger charge is 2.37. The molecule has 0 unspecified atom stereocenters. The zero-order chi connectivity index (χ0) is 12.3. The Morgan fingerprint density at radius 1 is 1.25 bits per heavy atom. The Morgan fingerprint density at radius 2 is 1.75 bits per heavy atom. The minimum Gasteiger partial charge on any atom is -0.503 e. The molecule has 1 aromatic carbocycles. The van der Waals surface area contributed by atoms with E-state index in [1.807, 2.05) is 0 Å². The molecule has 0 spiro atoms. The predicted octanol–water partition coefficient (Wildman–Crippen LogP) is 3.69. The molecule has 1 aromatic rings. The summed E-state index contributed by atoms with van der Waals surface area (Å²) in [6, 6.07) is 6.42. The van der Waals surface area contributed by atoms with Crippen LogP contribution in [0.2, 0.25) is 5.02 Å². The zero-order valence-corrected chi connectivity index (χ0v) is 8.47. The summed E-state index contributed by atoms with van der Waals surface area (Å²) in [6.07, 6.45) is -4.94. The van der Waals surface area contributed by atoms with Crippen LogP contribution in [0.15, 0.2) is 30.0 Å². The molecule has 6 heteroatoms. The van der Waals surface area contributed by atoms with Gasteiger partial charge in [-0.2, -0.15) is 18.4 Å². The average molecular weight is 248 g/mol. The van der Waals surface area contributed by atoms with Gasteiger partial charge in [0.2, 0.25) is 5.76 Å². The van der Waals surface area contributed by atoms with Gasteiger partial charge in [0, 0.05) is 5.02 Å². The summed E-state index contributed by atoms with van der Waals surface area (Å²) in [6.45, 7) is 0. The molecule has 0 aliphatic heterocycles. The third-order valence-electron chi connectivity index (χ3n) is 1.75. The number of aliphatic hydroxyl groups is 1. The second-order valence-corrected chi connectivity index (χ2v) is 3.28. The highest BCUT2D eigenvalue weighted by Crippen LogP contribution is 2.30. The van der Waals surface area contributed by atoms with E-state index in [9.17, 15) is 13.2 Å². The number of hydrogen-bond acceptors (Lipinski definition) is 2. The summed E-state index contributed by atoms with van der Waals surface area (Å²) in [5.41, 5.74) is -0.870. The van der Waals surface area contributed by atoms with Crippen LogP contribution in [0, 0.1) is 11.3 Å². The molecule has 2 nitrogen and oxygen atoms in total. The summed E-state index contributed by atoms with van der Waals surface area (Å²) in [5, 5.41) is 17.8. The number of rotatable bonds is 1. The number of alkyl halides is 3. The van der Waals surface area contributed by atoms with Gasteiger partial charge in [0.15, 0.2) is 0 Å². The van der Waals surface area contributed by atoms with Crippen LogP contribution in [0.4, 0.5) is 13.2 Å². The fourth-order valence-corrected chi connectivity index (χ4v) is 1.14. The molecule has 0 saturated heterocycles. The Labute approximate surface area is 94.2 Å². The normalized spacial score (nSPS) is 12.9. The van der Waals surface area contributed by atoms with Crippen molar-refractivity contribution in [3.63, 3.8) is 0 Å². The van der Waals surface area contributed by atoms with Gasteiger partial charge in [0.25, 0.3) is 0 Å². The Balaban J connectivity index is 3.29. The van der Waals surface area contributed by atoms with E-state index in [4.69, 9.17) is 22.0 Å². The number of aliphatic hydroxyl groups excluding tert-OH is 1. The van der Waals surface area contributed by atoms with Gasteiger partial charge in [-0.1, -0.05) is 23.7 Å². The van der Waals surface area contributed by atoms with Crippen LogP contribution in [0.1, 0.15) is 5.56 Å². The van der Waals surface area contributed by atoms with Crippen molar-refractivity contribution in [2.75, 3.05) is 0 Å². The molecule has 0 heterocycles. The SMILES string of the molecule is N#CC(=C(O)C(F)(F)F)c1ccc(Cl)cc1. The smallest absolute Gasteiger partial charge is 0.450 e. The molecular formula is C10H5ClF3NO. The second kappa shape index (κ2) is 4.45. The molecule has 84 valence electrons. The van der Waals surface area contributed by atoms with Crippen LogP contribution in [-0.2, 0) is 0 Å². The van der Waals surface area contributed by atoms with Gasteiger partial charge in [-0.15, -0.1) is 0 Å². The van der Waals surface area contributed by atoms with Gasteiger partial charge in [-0.25, -0.2) is 0 Å². The molecule has 1 N–H and O–H groups in total. The first-order chi connectivity index (χ1) is 7.36. The maximum Gasteiger partial charge on any atom is 0.450 e. The minimum atomic E-state index is -4.94. The van der Waals surface area contributed by atoms with Gasteiger partial charge in [0.1, 0.15) is 11.6 Å². The molecule has 0 aromatic heterocycles. The van der Waals surface area contributed by atoms with E-state index in [0.717, 1.165) is 0 Å². The number of halogens is 4. The number of benzene rings is 1. The fraction of sp³-hybridized carbons (Fsp3) is 0.100. The van der Waals surface area contributed by atoms with Crippen LogP contribution in [0.3, 0.4) is 0 Å². The lowest BCUT2D eigenvalue weighted by Crippen LogP contribution is -2.13. The van der Waals surface area contributed by atoms with Crippen molar-refractivity contribution in [3.8, 4) is 6.07 Å². The van der Waals surface area contributed by atoms with Crippen molar-refractivity contribution in [1.29, 1.82) is 5.26 Å². The summed E-state index contributed by atoms with van der Waals surface area (Å²) in [5.74, 6) is -1.91. The van der Waals surface area contributed by atoms with Gasteiger partial charge in [-0.05, 0) is 17.7 Å². The Morgan fingerprint density at radius 3 is 2.12 bits per heavy atom. The lowest BCUT2D eigenvalue weighted by molar-refractivity contribution is -0.119. The largest absolute Gasteiger partial charge is 0.503 e. The lowest BCUT2D eigenvalue weighted by atomic mass is 10.1. The van der Waals surface area contributed by atoms with Crippen molar-refractivity contribution in [1.82, 2.24) is 0 Å². The van der Waals surface area contributed by atoms with Crippen LogP contribution in [0.25, 0.3) is 5.57 Å². The molecule has 0 atom stereocenters. The molecular weight excluding hydrogens is 243 g/mol. The highest BCUT2D eigenvalue weighted by molar-refractivity contribution is 6.30. The van der Waals surface area contributed by atoms with Crippen molar-refractivity contribution >= 4 is 17.2 Å². The number of nitriles is 1. The lowest BCUT2D eigenvalue weighted by Gasteiger charge is -2.07. The molecule has 16 heavy (non-hydrogen) atoms. The van der Waals surface area contributed by atoms with E-state index in [-0.39, 0.29) is 5.56 Å². The first-order valence-corrected chi connectivity index (χ1v) is 4.40. The van der Waals surface area contributed by atoms with Crippen molar-refractivity contribution in [2.24, 2.45) is 0 Å². The van der Waals surface area contributed by atoms with Crippen LogP contribution in [-0.4, -0.2) is 11.3 Å². The topological polar surface area (TPSA) is 44.0 Å². The average Bonchev–Trinajstić information content (AvgIpc) is 2.20. The van der Waals surface area contributed by atoms with E-state index in [1.165, 1.54) is 30.3 Å².